The van der Waals surface area contributed by atoms with Gasteiger partial charge in [-0.25, -0.2) is 17.9 Å². The summed E-state index contributed by atoms with van der Waals surface area (Å²) in [6, 6.07) is 4.49. The second-order valence-electron chi connectivity index (χ2n) is 5.01. The molecular formula is C14H19BrN2O4S. The van der Waals surface area contributed by atoms with Crippen molar-refractivity contribution < 1.29 is 17.9 Å². The van der Waals surface area contributed by atoms with Gasteiger partial charge in [0.1, 0.15) is 0 Å². The van der Waals surface area contributed by atoms with Gasteiger partial charge in [0.05, 0.1) is 17.1 Å². The summed E-state index contributed by atoms with van der Waals surface area (Å²) < 4.78 is 32.5. The quantitative estimate of drug-likeness (QED) is 0.721. The lowest BCUT2D eigenvalue weighted by Crippen LogP contribution is -2.37. The molecule has 1 aromatic carbocycles. The third kappa shape index (κ3) is 4.28. The molecule has 0 radical (unpaired) electrons. The van der Waals surface area contributed by atoms with E-state index in [9.17, 15) is 13.2 Å². The summed E-state index contributed by atoms with van der Waals surface area (Å²) in [6.07, 6.45) is 2.02. The zero-order valence-corrected chi connectivity index (χ0v) is 14.7. The summed E-state index contributed by atoms with van der Waals surface area (Å²) in [5, 5.41) is 3.23. The normalized spacial score (nSPS) is 18.4. The maximum absolute atomic E-state index is 12.3. The molecule has 2 rings (SSSR count). The van der Waals surface area contributed by atoms with E-state index in [4.69, 9.17) is 4.74 Å². The molecule has 1 fully saturated rings. The average Bonchev–Trinajstić information content (AvgIpc) is 2.98. The number of carbonyl (C=O) groups is 1. The van der Waals surface area contributed by atoms with Crippen LogP contribution >= 0.6 is 15.9 Å². The van der Waals surface area contributed by atoms with Crippen LogP contribution in [0.1, 0.15) is 30.1 Å². The minimum absolute atomic E-state index is 0.110. The van der Waals surface area contributed by atoms with E-state index in [1.54, 1.807) is 6.92 Å². The van der Waals surface area contributed by atoms with E-state index in [0.717, 1.165) is 19.4 Å². The smallest absolute Gasteiger partial charge is 0.338 e. The fourth-order valence-corrected chi connectivity index (χ4v) is 4.44. The Morgan fingerprint density at radius 3 is 2.86 bits per heavy atom. The van der Waals surface area contributed by atoms with Crippen molar-refractivity contribution in [3.05, 3.63) is 28.2 Å². The molecule has 1 atom stereocenters. The van der Waals surface area contributed by atoms with E-state index in [1.165, 1.54) is 18.2 Å². The highest BCUT2D eigenvalue weighted by Crippen LogP contribution is 2.23. The molecule has 1 heterocycles. The van der Waals surface area contributed by atoms with Gasteiger partial charge in [0.25, 0.3) is 0 Å². The molecule has 8 heteroatoms. The number of hydrogen-bond donors (Lipinski definition) is 2. The molecule has 1 aliphatic heterocycles. The largest absolute Gasteiger partial charge is 0.462 e. The van der Waals surface area contributed by atoms with E-state index in [1.807, 2.05) is 0 Å². The highest BCUT2D eigenvalue weighted by Gasteiger charge is 2.22. The Morgan fingerprint density at radius 2 is 2.27 bits per heavy atom. The Labute approximate surface area is 138 Å². The maximum Gasteiger partial charge on any atom is 0.338 e. The third-order valence-electron chi connectivity index (χ3n) is 3.41. The van der Waals surface area contributed by atoms with Crippen molar-refractivity contribution in [2.24, 2.45) is 0 Å². The van der Waals surface area contributed by atoms with Crippen molar-refractivity contribution in [2.75, 3.05) is 19.7 Å². The summed E-state index contributed by atoms with van der Waals surface area (Å²) in [4.78, 5) is 11.8. The van der Waals surface area contributed by atoms with Gasteiger partial charge in [-0.3, -0.25) is 0 Å². The van der Waals surface area contributed by atoms with Gasteiger partial charge < -0.3 is 10.1 Å². The summed E-state index contributed by atoms with van der Waals surface area (Å²) in [7, 11) is -3.62. The number of halogens is 1. The summed E-state index contributed by atoms with van der Waals surface area (Å²) in [6.45, 7) is 3.26. The van der Waals surface area contributed by atoms with Crippen LogP contribution < -0.4 is 10.0 Å². The predicted octanol–water partition coefficient (Wildman–Crippen LogP) is 1.66. The number of ether oxygens (including phenoxy) is 1. The first-order valence-corrected chi connectivity index (χ1v) is 9.41. The van der Waals surface area contributed by atoms with Crippen LogP contribution in [0.4, 0.5) is 0 Å². The molecule has 0 aromatic heterocycles. The first-order chi connectivity index (χ1) is 10.4. The van der Waals surface area contributed by atoms with Gasteiger partial charge in [0, 0.05) is 17.1 Å². The second kappa shape index (κ2) is 7.54. The van der Waals surface area contributed by atoms with Crippen molar-refractivity contribution in [3.63, 3.8) is 0 Å². The molecule has 22 heavy (non-hydrogen) atoms. The second-order valence-corrected chi connectivity index (χ2v) is 7.60. The van der Waals surface area contributed by atoms with Crippen LogP contribution in [0.5, 0.6) is 0 Å². The van der Waals surface area contributed by atoms with Crippen LogP contribution in [-0.4, -0.2) is 40.1 Å². The molecule has 0 amide bonds. The molecule has 0 aliphatic carbocycles. The fourth-order valence-electron chi connectivity index (χ4n) is 2.28. The fraction of sp³-hybridized carbons (Fsp3) is 0.500. The van der Waals surface area contributed by atoms with Crippen LogP contribution in [-0.2, 0) is 14.8 Å². The van der Waals surface area contributed by atoms with E-state index in [0.29, 0.717) is 16.6 Å². The summed E-state index contributed by atoms with van der Waals surface area (Å²) in [5.74, 6) is -0.477. The molecule has 122 valence electrons. The molecule has 1 saturated heterocycles. The summed E-state index contributed by atoms with van der Waals surface area (Å²) >= 11 is 3.21. The SMILES string of the molecule is CCOC(=O)c1ccc(S(=O)(=O)NCC2CCCN2)c(Br)c1. The maximum atomic E-state index is 12.3. The first-order valence-electron chi connectivity index (χ1n) is 7.13. The average molecular weight is 391 g/mol. The molecule has 1 aliphatic rings. The van der Waals surface area contributed by atoms with Crippen molar-refractivity contribution in [3.8, 4) is 0 Å². The van der Waals surface area contributed by atoms with Gasteiger partial charge in [-0.15, -0.1) is 0 Å². The van der Waals surface area contributed by atoms with Gasteiger partial charge in [0.2, 0.25) is 10.0 Å². The molecule has 1 unspecified atom stereocenters. The number of sulfonamides is 1. The first kappa shape index (κ1) is 17.4. The van der Waals surface area contributed by atoms with Crippen LogP contribution in [0.2, 0.25) is 0 Å². The van der Waals surface area contributed by atoms with Crippen molar-refractivity contribution in [1.82, 2.24) is 10.0 Å². The molecule has 0 spiro atoms. The highest BCUT2D eigenvalue weighted by molar-refractivity contribution is 9.10. The van der Waals surface area contributed by atoms with Gasteiger partial charge in [-0.2, -0.15) is 0 Å². The number of esters is 1. The van der Waals surface area contributed by atoms with E-state index < -0.39 is 16.0 Å². The number of nitrogens with one attached hydrogen (secondary N) is 2. The number of carbonyl (C=O) groups excluding carboxylic acids is 1. The van der Waals surface area contributed by atoms with Crippen molar-refractivity contribution in [1.29, 1.82) is 0 Å². The predicted molar refractivity (Wildman–Crippen MR) is 86.3 cm³/mol. The summed E-state index contributed by atoms with van der Waals surface area (Å²) in [5.41, 5.74) is 0.310. The Bertz CT molecular complexity index is 642. The van der Waals surface area contributed by atoms with Crippen molar-refractivity contribution in [2.45, 2.75) is 30.7 Å². The van der Waals surface area contributed by atoms with Gasteiger partial charge in [0.15, 0.2) is 0 Å². The highest BCUT2D eigenvalue weighted by atomic mass is 79.9. The van der Waals surface area contributed by atoms with Gasteiger partial charge >= 0.3 is 5.97 Å². The van der Waals surface area contributed by atoms with Crippen molar-refractivity contribution >= 4 is 31.9 Å². The van der Waals surface area contributed by atoms with Gasteiger partial charge in [-0.05, 0) is 60.4 Å². The Morgan fingerprint density at radius 1 is 1.50 bits per heavy atom. The number of benzene rings is 1. The Hall–Kier alpha value is -0.960. The lowest BCUT2D eigenvalue weighted by Gasteiger charge is -2.13. The van der Waals surface area contributed by atoms with E-state index in [-0.39, 0.29) is 17.5 Å². The van der Waals surface area contributed by atoms with Crippen LogP contribution in [0.3, 0.4) is 0 Å². The number of hydrogen-bond acceptors (Lipinski definition) is 5. The molecule has 2 N–H and O–H groups in total. The lowest BCUT2D eigenvalue weighted by molar-refractivity contribution is 0.0526. The number of rotatable bonds is 6. The molecule has 0 saturated carbocycles. The van der Waals surface area contributed by atoms with Crippen LogP contribution in [0, 0.1) is 0 Å². The lowest BCUT2D eigenvalue weighted by atomic mass is 10.2. The van der Waals surface area contributed by atoms with Crippen LogP contribution in [0.15, 0.2) is 27.6 Å². The zero-order valence-electron chi connectivity index (χ0n) is 12.3. The molecule has 1 aromatic rings. The minimum atomic E-state index is -3.62. The zero-order chi connectivity index (χ0) is 16.2. The van der Waals surface area contributed by atoms with Gasteiger partial charge in [-0.1, -0.05) is 0 Å². The topological polar surface area (TPSA) is 84.5 Å². The molecule has 6 nitrogen and oxygen atoms in total. The minimum Gasteiger partial charge on any atom is -0.462 e. The third-order valence-corrected chi connectivity index (χ3v) is 5.81. The standard InChI is InChI=1S/C14H19BrN2O4S/c1-2-21-14(18)10-5-6-13(12(15)8-10)22(19,20)17-9-11-4-3-7-16-11/h5-6,8,11,16-17H,2-4,7,9H2,1H3. The Balaban J connectivity index is 2.11. The van der Waals surface area contributed by atoms with Crippen LogP contribution in [0.25, 0.3) is 0 Å². The molecule has 0 bridgehead atoms. The van der Waals surface area contributed by atoms with E-state index >= 15 is 0 Å². The van der Waals surface area contributed by atoms with E-state index in [2.05, 4.69) is 26.0 Å². The monoisotopic (exact) mass is 390 g/mol. The molecular weight excluding hydrogens is 372 g/mol. The Kier molecular flexibility index (Phi) is 5.96.